The second kappa shape index (κ2) is 7.63. The average molecular weight is 374 g/mol. The Morgan fingerprint density at radius 1 is 1.04 bits per heavy atom. The van der Waals surface area contributed by atoms with Crippen molar-refractivity contribution < 1.29 is 4.79 Å². The van der Waals surface area contributed by atoms with E-state index in [1.54, 1.807) is 0 Å². The lowest BCUT2D eigenvalue weighted by atomic mass is 10.0. The highest BCUT2D eigenvalue weighted by Crippen LogP contribution is 2.27. The van der Waals surface area contributed by atoms with E-state index in [0.717, 1.165) is 47.7 Å². The van der Waals surface area contributed by atoms with E-state index in [1.807, 2.05) is 61.2 Å². The molecule has 0 bridgehead atoms. The quantitative estimate of drug-likeness (QED) is 0.718. The normalized spacial score (nSPS) is 14.5. The van der Waals surface area contributed by atoms with Crippen molar-refractivity contribution in [2.75, 3.05) is 0 Å². The molecule has 28 heavy (non-hydrogen) atoms. The Hall–Kier alpha value is -2.88. The standard InChI is InChI=1S/C24H26N2O2/c1-16-12-13-17(2)22-21(16)14-19(23(27)25-22)15-26(20-10-6-7-11-20)24(28)18-8-4-3-5-9-18/h3-5,8-9,12-14,20H,6-7,10-11,15H2,1-2H3,(H,25,27). The third-order valence-electron chi connectivity index (χ3n) is 5.91. The van der Waals surface area contributed by atoms with Crippen molar-refractivity contribution in [2.24, 2.45) is 0 Å². The summed E-state index contributed by atoms with van der Waals surface area (Å²) in [7, 11) is 0. The molecule has 2 aromatic carbocycles. The first-order valence-electron chi connectivity index (χ1n) is 10.0. The Kier molecular flexibility index (Phi) is 5.03. The third-order valence-corrected chi connectivity index (χ3v) is 5.91. The Labute approximate surface area is 165 Å². The molecule has 1 aromatic heterocycles. The van der Waals surface area contributed by atoms with Crippen molar-refractivity contribution in [1.29, 1.82) is 0 Å². The molecule has 1 aliphatic carbocycles. The van der Waals surface area contributed by atoms with Crippen LogP contribution in [0.25, 0.3) is 10.9 Å². The molecular formula is C24H26N2O2. The fourth-order valence-corrected chi connectivity index (χ4v) is 4.25. The van der Waals surface area contributed by atoms with E-state index in [-0.39, 0.29) is 17.5 Å². The van der Waals surface area contributed by atoms with Crippen LogP contribution >= 0.6 is 0 Å². The number of carbonyl (C=O) groups excluding carboxylic acids is 1. The number of amides is 1. The number of H-pyrrole nitrogens is 1. The molecule has 0 atom stereocenters. The molecule has 0 radical (unpaired) electrons. The number of hydrogen-bond donors (Lipinski definition) is 1. The van der Waals surface area contributed by atoms with Gasteiger partial charge in [-0.3, -0.25) is 9.59 Å². The number of nitrogens with zero attached hydrogens (tertiary/aromatic N) is 1. The van der Waals surface area contributed by atoms with Gasteiger partial charge in [-0.15, -0.1) is 0 Å². The van der Waals surface area contributed by atoms with E-state index in [0.29, 0.717) is 17.7 Å². The fraction of sp³-hybridized carbons (Fsp3) is 0.333. The van der Waals surface area contributed by atoms with E-state index >= 15 is 0 Å². The predicted molar refractivity (Wildman–Crippen MR) is 113 cm³/mol. The molecule has 1 heterocycles. The first-order valence-corrected chi connectivity index (χ1v) is 10.0. The molecule has 1 aliphatic rings. The minimum atomic E-state index is -0.106. The van der Waals surface area contributed by atoms with E-state index in [1.165, 1.54) is 0 Å². The van der Waals surface area contributed by atoms with Crippen molar-refractivity contribution >= 4 is 16.8 Å². The number of pyridine rings is 1. The van der Waals surface area contributed by atoms with E-state index < -0.39 is 0 Å². The van der Waals surface area contributed by atoms with Gasteiger partial charge in [-0.1, -0.05) is 43.2 Å². The SMILES string of the molecule is Cc1ccc(C)c2[nH]c(=O)c(CN(C(=O)c3ccccc3)C3CCCC3)cc12. The summed E-state index contributed by atoms with van der Waals surface area (Å²) in [6, 6.07) is 15.6. The first-order chi connectivity index (χ1) is 13.5. The van der Waals surface area contributed by atoms with Gasteiger partial charge in [0.1, 0.15) is 0 Å². The number of aryl methyl sites for hydroxylation is 2. The van der Waals surface area contributed by atoms with Crippen molar-refractivity contribution in [2.45, 2.75) is 52.1 Å². The number of benzene rings is 2. The molecule has 3 aromatic rings. The number of fused-ring (bicyclic) bond motifs is 1. The van der Waals surface area contributed by atoms with Gasteiger partial charge < -0.3 is 9.88 Å². The summed E-state index contributed by atoms with van der Waals surface area (Å²) in [5, 5.41) is 1.05. The fourth-order valence-electron chi connectivity index (χ4n) is 4.25. The molecule has 4 nitrogen and oxygen atoms in total. The van der Waals surface area contributed by atoms with E-state index in [9.17, 15) is 9.59 Å². The summed E-state index contributed by atoms with van der Waals surface area (Å²) in [6.07, 6.45) is 4.27. The van der Waals surface area contributed by atoms with Gasteiger partial charge in [0.25, 0.3) is 11.5 Å². The van der Waals surface area contributed by atoms with Crippen molar-refractivity contribution in [3.63, 3.8) is 0 Å². The van der Waals surface area contributed by atoms with Crippen molar-refractivity contribution in [3.05, 3.63) is 81.1 Å². The van der Waals surface area contributed by atoms with Crippen LogP contribution in [0.4, 0.5) is 0 Å². The largest absolute Gasteiger partial charge is 0.331 e. The smallest absolute Gasteiger partial charge is 0.254 e. The molecule has 1 fully saturated rings. The second-order valence-electron chi connectivity index (χ2n) is 7.85. The number of aromatic nitrogens is 1. The maximum absolute atomic E-state index is 13.2. The Balaban J connectivity index is 1.74. The van der Waals surface area contributed by atoms with Crippen LogP contribution in [0.5, 0.6) is 0 Å². The number of rotatable bonds is 4. The third kappa shape index (κ3) is 3.47. The van der Waals surface area contributed by atoms with Gasteiger partial charge in [-0.25, -0.2) is 0 Å². The number of aromatic amines is 1. The van der Waals surface area contributed by atoms with Gasteiger partial charge in [0.15, 0.2) is 0 Å². The van der Waals surface area contributed by atoms with Crippen LogP contribution in [0.3, 0.4) is 0 Å². The Bertz CT molecular complexity index is 1060. The van der Waals surface area contributed by atoms with Crippen molar-refractivity contribution in [3.8, 4) is 0 Å². The molecule has 0 saturated heterocycles. The zero-order valence-corrected chi connectivity index (χ0v) is 16.5. The van der Waals surface area contributed by atoms with Crippen LogP contribution < -0.4 is 5.56 Å². The summed E-state index contributed by atoms with van der Waals surface area (Å²) in [4.78, 5) is 31.0. The van der Waals surface area contributed by atoms with Gasteiger partial charge in [0.05, 0.1) is 12.1 Å². The lowest BCUT2D eigenvalue weighted by Crippen LogP contribution is -2.39. The minimum absolute atomic E-state index is 0.00737. The maximum atomic E-state index is 13.2. The average Bonchev–Trinajstić information content (AvgIpc) is 3.24. The minimum Gasteiger partial charge on any atom is -0.331 e. The van der Waals surface area contributed by atoms with Gasteiger partial charge >= 0.3 is 0 Å². The van der Waals surface area contributed by atoms with E-state index in [2.05, 4.69) is 11.1 Å². The highest BCUT2D eigenvalue weighted by Gasteiger charge is 2.28. The molecule has 0 spiro atoms. The zero-order chi connectivity index (χ0) is 19.7. The Morgan fingerprint density at radius 3 is 2.43 bits per heavy atom. The molecule has 1 saturated carbocycles. The first kappa shape index (κ1) is 18.5. The molecule has 1 N–H and O–H groups in total. The topological polar surface area (TPSA) is 53.2 Å². The van der Waals surface area contributed by atoms with Crippen molar-refractivity contribution in [1.82, 2.24) is 9.88 Å². The van der Waals surface area contributed by atoms with Crippen LogP contribution in [0.2, 0.25) is 0 Å². The summed E-state index contributed by atoms with van der Waals surface area (Å²) < 4.78 is 0. The maximum Gasteiger partial charge on any atom is 0.254 e. The zero-order valence-electron chi connectivity index (χ0n) is 16.5. The summed E-state index contributed by atoms with van der Waals surface area (Å²) in [6.45, 7) is 4.39. The van der Waals surface area contributed by atoms with Crippen LogP contribution in [0.1, 0.15) is 52.7 Å². The number of hydrogen-bond acceptors (Lipinski definition) is 2. The molecular weight excluding hydrogens is 348 g/mol. The van der Waals surface area contributed by atoms with Gasteiger partial charge in [-0.2, -0.15) is 0 Å². The van der Waals surface area contributed by atoms with Crippen LogP contribution in [0, 0.1) is 13.8 Å². The Morgan fingerprint density at radius 2 is 1.71 bits per heavy atom. The molecule has 4 heteroatoms. The summed E-state index contributed by atoms with van der Waals surface area (Å²) >= 11 is 0. The van der Waals surface area contributed by atoms with Crippen LogP contribution in [-0.4, -0.2) is 21.8 Å². The van der Waals surface area contributed by atoms with Gasteiger partial charge in [0, 0.05) is 22.6 Å². The van der Waals surface area contributed by atoms with Gasteiger partial charge in [0.2, 0.25) is 0 Å². The molecule has 144 valence electrons. The lowest BCUT2D eigenvalue weighted by molar-refractivity contribution is 0.0664. The molecule has 0 aliphatic heterocycles. The van der Waals surface area contributed by atoms with E-state index in [4.69, 9.17) is 0 Å². The second-order valence-corrected chi connectivity index (χ2v) is 7.85. The number of carbonyl (C=O) groups is 1. The van der Waals surface area contributed by atoms with Crippen LogP contribution in [0.15, 0.2) is 53.3 Å². The summed E-state index contributed by atoms with van der Waals surface area (Å²) in [5.74, 6) is 0.00737. The lowest BCUT2D eigenvalue weighted by Gasteiger charge is -2.29. The summed E-state index contributed by atoms with van der Waals surface area (Å²) in [5.41, 5.74) is 4.29. The monoisotopic (exact) mass is 374 g/mol. The molecule has 1 amide bonds. The van der Waals surface area contributed by atoms with Gasteiger partial charge in [-0.05, 0) is 56.0 Å². The molecule has 4 rings (SSSR count). The number of nitrogens with one attached hydrogen (secondary N) is 1. The highest BCUT2D eigenvalue weighted by atomic mass is 16.2. The predicted octanol–water partition coefficient (Wildman–Crippen LogP) is 4.73. The highest BCUT2D eigenvalue weighted by molar-refractivity contribution is 5.94. The van der Waals surface area contributed by atoms with Crippen LogP contribution in [-0.2, 0) is 6.54 Å². The molecule has 0 unspecified atom stereocenters.